The van der Waals surface area contributed by atoms with Gasteiger partial charge in [-0.05, 0) is 42.0 Å². The minimum absolute atomic E-state index is 0.0537. The Kier molecular flexibility index (Phi) is 5.57. The number of hydrogen-bond donors (Lipinski definition) is 3. The molecular formula is C24H18N2O6S. The van der Waals surface area contributed by atoms with Crippen molar-refractivity contribution >= 4 is 33.2 Å². The van der Waals surface area contributed by atoms with E-state index < -0.39 is 27.5 Å². The van der Waals surface area contributed by atoms with Gasteiger partial charge in [0, 0.05) is 22.6 Å². The molecule has 0 saturated heterocycles. The monoisotopic (exact) mass is 462 g/mol. The zero-order valence-corrected chi connectivity index (χ0v) is 17.9. The van der Waals surface area contributed by atoms with Gasteiger partial charge in [-0.3, -0.25) is 9.71 Å². The molecule has 1 unspecified atom stereocenters. The van der Waals surface area contributed by atoms with E-state index in [1.165, 1.54) is 42.5 Å². The standard InChI is InChI=1S/C24H18N2O6S/c27-22(28)14-13-20-19-11-4-5-12-21(19)25-24(20,23(29)30)16-7-6-8-17(15-16)26-33(31,32)18-9-2-1-3-10-18/h1-15,26H,(H,27,28)(H,29,30). The summed E-state index contributed by atoms with van der Waals surface area (Å²) < 4.78 is 27.9. The normalized spacial score (nSPS) is 17.4. The average Bonchev–Trinajstić information content (AvgIpc) is 3.14. The number of carboxylic acids is 2. The molecule has 1 aliphatic rings. The largest absolute Gasteiger partial charge is 0.479 e. The molecule has 0 saturated carbocycles. The number of benzene rings is 3. The third-order valence-corrected chi connectivity index (χ3v) is 6.56. The first kappa shape index (κ1) is 22.0. The SMILES string of the molecule is O=C(O)C=CC1=c2ccccc2=NC1(C(=O)O)c1cccc(NS(=O)(=O)c2ccccc2)c1. The second kappa shape index (κ2) is 8.36. The zero-order chi connectivity index (χ0) is 23.6. The second-order valence-corrected chi connectivity index (χ2v) is 8.91. The van der Waals surface area contributed by atoms with Crippen molar-refractivity contribution in [1.82, 2.24) is 0 Å². The molecule has 1 aliphatic heterocycles. The Balaban J connectivity index is 1.87. The van der Waals surface area contributed by atoms with E-state index in [0.29, 0.717) is 10.6 Å². The molecule has 3 aromatic rings. The van der Waals surface area contributed by atoms with Crippen LogP contribution in [0.25, 0.3) is 5.57 Å². The number of nitrogens with one attached hydrogen (secondary N) is 1. The average molecular weight is 462 g/mol. The van der Waals surface area contributed by atoms with Gasteiger partial charge in [-0.25, -0.2) is 18.0 Å². The fourth-order valence-corrected chi connectivity index (χ4v) is 4.80. The van der Waals surface area contributed by atoms with Crippen molar-refractivity contribution in [3.8, 4) is 0 Å². The number of anilines is 1. The smallest absolute Gasteiger partial charge is 0.341 e. The molecule has 0 amide bonds. The fraction of sp³-hybridized carbons (Fsp3) is 0.0417. The van der Waals surface area contributed by atoms with E-state index in [9.17, 15) is 23.1 Å². The lowest BCUT2D eigenvalue weighted by Gasteiger charge is -2.25. The number of hydrogen-bond acceptors (Lipinski definition) is 5. The Labute approximate surface area is 188 Å². The van der Waals surface area contributed by atoms with Crippen molar-refractivity contribution in [2.75, 3.05) is 4.72 Å². The van der Waals surface area contributed by atoms with E-state index in [0.717, 1.165) is 6.08 Å². The number of carboxylic acid groups (broad SMARTS) is 2. The highest BCUT2D eigenvalue weighted by Gasteiger charge is 2.46. The number of para-hydroxylation sites is 1. The van der Waals surface area contributed by atoms with Crippen LogP contribution in [-0.2, 0) is 25.2 Å². The molecule has 166 valence electrons. The van der Waals surface area contributed by atoms with E-state index in [-0.39, 0.29) is 21.7 Å². The summed E-state index contributed by atoms with van der Waals surface area (Å²) in [5, 5.41) is 20.3. The van der Waals surface area contributed by atoms with E-state index in [1.54, 1.807) is 42.5 Å². The highest BCUT2D eigenvalue weighted by atomic mass is 32.2. The predicted octanol–water partition coefficient (Wildman–Crippen LogP) is 1.89. The van der Waals surface area contributed by atoms with E-state index >= 15 is 0 Å². The summed E-state index contributed by atoms with van der Waals surface area (Å²) >= 11 is 0. The van der Waals surface area contributed by atoms with Gasteiger partial charge in [-0.2, -0.15) is 0 Å². The molecule has 0 bridgehead atoms. The van der Waals surface area contributed by atoms with Crippen molar-refractivity contribution in [1.29, 1.82) is 0 Å². The van der Waals surface area contributed by atoms with Gasteiger partial charge in [0.1, 0.15) is 0 Å². The highest BCUT2D eigenvalue weighted by Crippen LogP contribution is 2.38. The van der Waals surface area contributed by atoms with Crippen molar-refractivity contribution in [3.63, 3.8) is 0 Å². The predicted molar refractivity (Wildman–Crippen MR) is 120 cm³/mol. The van der Waals surface area contributed by atoms with Crippen LogP contribution in [0, 0.1) is 0 Å². The maximum absolute atomic E-state index is 12.7. The fourth-order valence-electron chi connectivity index (χ4n) is 3.73. The molecule has 1 heterocycles. The summed E-state index contributed by atoms with van der Waals surface area (Å²) in [4.78, 5) is 28.3. The highest BCUT2D eigenvalue weighted by molar-refractivity contribution is 7.92. The summed E-state index contributed by atoms with van der Waals surface area (Å²) in [5.41, 5.74) is -1.48. The number of sulfonamides is 1. The summed E-state index contributed by atoms with van der Waals surface area (Å²) in [6.07, 6.45) is 2.07. The van der Waals surface area contributed by atoms with Crippen molar-refractivity contribution < 1.29 is 28.2 Å². The molecule has 9 heteroatoms. The lowest BCUT2D eigenvalue weighted by Crippen LogP contribution is -2.34. The summed E-state index contributed by atoms with van der Waals surface area (Å²) in [7, 11) is -3.91. The van der Waals surface area contributed by atoms with E-state index in [4.69, 9.17) is 5.11 Å². The minimum atomic E-state index is -3.91. The molecule has 1 atom stereocenters. The number of aliphatic carboxylic acids is 2. The van der Waals surface area contributed by atoms with Crippen LogP contribution < -0.4 is 15.3 Å². The van der Waals surface area contributed by atoms with Crippen LogP contribution in [-0.4, -0.2) is 30.6 Å². The van der Waals surface area contributed by atoms with Crippen LogP contribution in [0.1, 0.15) is 5.56 Å². The first-order chi connectivity index (χ1) is 15.7. The van der Waals surface area contributed by atoms with Crippen molar-refractivity contribution in [3.05, 3.63) is 107 Å². The number of carbonyl (C=O) groups is 2. The zero-order valence-electron chi connectivity index (χ0n) is 17.0. The maximum Gasteiger partial charge on any atom is 0.341 e. The van der Waals surface area contributed by atoms with Gasteiger partial charge < -0.3 is 10.2 Å². The number of rotatable bonds is 7. The van der Waals surface area contributed by atoms with Gasteiger partial charge in [-0.15, -0.1) is 0 Å². The Bertz CT molecular complexity index is 1510. The molecule has 0 aliphatic carbocycles. The van der Waals surface area contributed by atoms with Gasteiger partial charge in [0.15, 0.2) is 0 Å². The molecule has 0 fully saturated rings. The molecular weight excluding hydrogens is 444 g/mol. The molecule has 0 spiro atoms. The van der Waals surface area contributed by atoms with Crippen LogP contribution in [0.3, 0.4) is 0 Å². The quantitative estimate of drug-likeness (QED) is 0.459. The molecule has 3 N–H and O–H groups in total. The summed E-state index contributed by atoms with van der Waals surface area (Å²) in [6, 6.07) is 20.4. The van der Waals surface area contributed by atoms with Gasteiger partial charge in [0.05, 0.1) is 10.3 Å². The Morgan fingerprint density at radius 1 is 0.909 bits per heavy atom. The maximum atomic E-state index is 12.7. The second-order valence-electron chi connectivity index (χ2n) is 7.23. The molecule has 3 aromatic carbocycles. The first-order valence-corrected chi connectivity index (χ1v) is 11.2. The summed E-state index contributed by atoms with van der Waals surface area (Å²) in [5.74, 6) is -2.57. The van der Waals surface area contributed by atoms with Gasteiger partial charge in [-0.1, -0.05) is 48.5 Å². The summed E-state index contributed by atoms with van der Waals surface area (Å²) in [6.45, 7) is 0. The van der Waals surface area contributed by atoms with E-state index in [2.05, 4.69) is 9.71 Å². The topological polar surface area (TPSA) is 133 Å². The van der Waals surface area contributed by atoms with Crippen LogP contribution in [0.4, 0.5) is 5.69 Å². The van der Waals surface area contributed by atoms with Gasteiger partial charge in [0.2, 0.25) is 5.54 Å². The van der Waals surface area contributed by atoms with E-state index in [1.807, 2.05) is 0 Å². The van der Waals surface area contributed by atoms with Gasteiger partial charge in [0.25, 0.3) is 10.0 Å². The van der Waals surface area contributed by atoms with Crippen LogP contribution in [0.5, 0.6) is 0 Å². The van der Waals surface area contributed by atoms with Crippen LogP contribution in [0.2, 0.25) is 0 Å². The van der Waals surface area contributed by atoms with Crippen LogP contribution in [0.15, 0.2) is 101 Å². The molecule has 8 nitrogen and oxygen atoms in total. The number of nitrogens with zero attached hydrogens (tertiary/aromatic N) is 1. The Hall–Kier alpha value is -4.24. The molecule has 0 radical (unpaired) electrons. The van der Waals surface area contributed by atoms with Crippen molar-refractivity contribution in [2.24, 2.45) is 4.99 Å². The first-order valence-electron chi connectivity index (χ1n) is 9.76. The van der Waals surface area contributed by atoms with Crippen LogP contribution >= 0.6 is 0 Å². The number of fused-ring (bicyclic) bond motifs is 1. The van der Waals surface area contributed by atoms with Gasteiger partial charge >= 0.3 is 11.9 Å². The third-order valence-electron chi connectivity index (χ3n) is 5.16. The molecule has 33 heavy (non-hydrogen) atoms. The Morgan fingerprint density at radius 2 is 1.61 bits per heavy atom. The lowest BCUT2D eigenvalue weighted by molar-refractivity contribution is -0.141. The molecule has 0 aromatic heterocycles. The Morgan fingerprint density at radius 3 is 2.30 bits per heavy atom. The molecule has 4 rings (SSSR count). The lowest BCUT2D eigenvalue weighted by atomic mass is 9.83. The third kappa shape index (κ3) is 4.01. The minimum Gasteiger partial charge on any atom is -0.479 e. The van der Waals surface area contributed by atoms with Crippen molar-refractivity contribution in [2.45, 2.75) is 10.4 Å².